The van der Waals surface area contributed by atoms with E-state index < -0.39 is 40.1 Å². The zero-order valence-corrected chi connectivity index (χ0v) is 20.4. The first-order chi connectivity index (χ1) is 15.5. The SMILES string of the molecule is CCOC(=O)O[C@]1(C(=O)OCCl)CC[C@@]2(C)C3CCC4=CC(=O)C=C[C@]4(C)[C@H]3C(O)C[C@]12C. The summed E-state index contributed by atoms with van der Waals surface area (Å²) in [5.74, 6) is -0.799. The molecule has 0 aromatic carbocycles. The maximum atomic E-state index is 13.3. The first-order valence-corrected chi connectivity index (χ1v) is 12.2. The molecule has 3 fully saturated rings. The monoisotopic (exact) mass is 480 g/mol. The zero-order chi connectivity index (χ0) is 24.2. The Labute approximate surface area is 199 Å². The Morgan fingerprint density at radius 2 is 1.94 bits per heavy atom. The molecule has 4 aliphatic carbocycles. The summed E-state index contributed by atoms with van der Waals surface area (Å²) >= 11 is 5.73. The molecule has 0 aromatic rings. The molecule has 8 heteroatoms. The van der Waals surface area contributed by atoms with Crippen LogP contribution in [0, 0.1) is 28.1 Å². The van der Waals surface area contributed by atoms with Gasteiger partial charge in [0.2, 0.25) is 5.60 Å². The maximum Gasteiger partial charge on any atom is 0.509 e. The third kappa shape index (κ3) is 3.22. The van der Waals surface area contributed by atoms with Crippen molar-refractivity contribution in [3.05, 3.63) is 23.8 Å². The molecular weight excluding hydrogens is 448 g/mol. The number of ether oxygens (including phenoxy) is 3. The molecule has 1 N–H and O–H groups in total. The van der Waals surface area contributed by atoms with Gasteiger partial charge in [0.1, 0.15) is 0 Å². The fourth-order valence-electron chi connectivity index (χ4n) is 7.67. The van der Waals surface area contributed by atoms with E-state index in [1.165, 1.54) is 0 Å². The van der Waals surface area contributed by atoms with E-state index in [-0.39, 0.29) is 43.1 Å². The lowest BCUT2D eigenvalue weighted by Crippen LogP contribution is -2.66. The van der Waals surface area contributed by atoms with Crippen LogP contribution in [-0.4, -0.2) is 47.4 Å². The summed E-state index contributed by atoms with van der Waals surface area (Å²) in [5, 5.41) is 11.6. The number of fused-ring (bicyclic) bond motifs is 5. The third-order valence-electron chi connectivity index (χ3n) is 9.49. The molecule has 0 aromatic heterocycles. The van der Waals surface area contributed by atoms with Gasteiger partial charge >= 0.3 is 12.1 Å². The van der Waals surface area contributed by atoms with Gasteiger partial charge in [-0.15, -0.1) is 0 Å². The smallest absolute Gasteiger partial charge is 0.446 e. The van der Waals surface area contributed by atoms with Crippen LogP contribution in [0.4, 0.5) is 4.79 Å². The minimum Gasteiger partial charge on any atom is -0.446 e. The molecule has 0 heterocycles. The van der Waals surface area contributed by atoms with E-state index in [1.807, 2.05) is 13.0 Å². The first-order valence-electron chi connectivity index (χ1n) is 11.7. The summed E-state index contributed by atoms with van der Waals surface area (Å²) in [4.78, 5) is 37.8. The zero-order valence-electron chi connectivity index (χ0n) is 19.7. The maximum absolute atomic E-state index is 13.3. The van der Waals surface area contributed by atoms with E-state index >= 15 is 0 Å². The van der Waals surface area contributed by atoms with Crippen molar-refractivity contribution in [1.29, 1.82) is 0 Å². The van der Waals surface area contributed by atoms with E-state index in [0.717, 1.165) is 18.4 Å². The van der Waals surface area contributed by atoms with E-state index in [4.69, 9.17) is 25.8 Å². The second kappa shape index (κ2) is 8.12. The number of carbonyl (C=O) groups is 3. The molecule has 0 aliphatic heterocycles. The molecule has 0 bridgehead atoms. The summed E-state index contributed by atoms with van der Waals surface area (Å²) in [6, 6.07) is -0.362. The lowest BCUT2D eigenvalue weighted by atomic mass is 9.41. The first kappa shape index (κ1) is 24.3. The van der Waals surface area contributed by atoms with Crippen LogP contribution in [-0.2, 0) is 23.8 Å². The van der Waals surface area contributed by atoms with Crippen LogP contribution in [0.1, 0.15) is 59.8 Å². The highest BCUT2D eigenvalue weighted by Gasteiger charge is 2.76. The lowest BCUT2D eigenvalue weighted by molar-refractivity contribution is -0.218. The topological polar surface area (TPSA) is 99.1 Å². The minimum absolute atomic E-state index is 0.0196. The summed E-state index contributed by atoms with van der Waals surface area (Å²) in [6.07, 6.45) is 6.18. The standard InChI is InChI=1S/C25H33ClO7/c1-5-31-21(30)33-25(20(29)32-14-26)11-10-23(3)17-7-6-15-12-16(27)8-9-22(15,2)19(17)18(28)13-24(23,25)4/h8-9,12,17-19,28H,5-7,10-11,13-14H2,1-4H3/t17?,18?,19-,22+,23+,24+,25+/m1/s1. The largest absolute Gasteiger partial charge is 0.509 e. The lowest BCUT2D eigenvalue weighted by Gasteiger charge is -2.64. The minimum atomic E-state index is -1.61. The van der Waals surface area contributed by atoms with Crippen LogP contribution in [0.2, 0.25) is 0 Å². The molecule has 7 atom stereocenters. The van der Waals surface area contributed by atoms with Gasteiger partial charge in [-0.25, -0.2) is 9.59 Å². The van der Waals surface area contributed by atoms with Gasteiger partial charge in [-0.1, -0.05) is 44.0 Å². The molecule has 0 spiro atoms. The Morgan fingerprint density at radius 1 is 1.21 bits per heavy atom. The summed E-state index contributed by atoms with van der Waals surface area (Å²) in [7, 11) is 0. The van der Waals surface area contributed by atoms with Crippen molar-refractivity contribution in [2.75, 3.05) is 12.7 Å². The number of carbonyl (C=O) groups excluding carboxylic acids is 3. The molecule has 0 saturated heterocycles. The average Bonchev–Trinajstić information content (AvgIpc) is 2.97. The molecule has 0 amide bonds. The highest BCUT2D eigenvalue weighted by molar-refractivity contribution is 6.17. The number of aliphatic hydroxyl groups excluding tert-OH is 1. The molecule has 4 rings (SSSR count). The van der Waals surface area contributed by atoms with Crippen molar-refractivity contribution in [3.8, 4) is 0 Å². The molecule has 33 heavy (non-hydrogen) atoms. The second-order valence-electron chi connectivity index (χ2n) is 10.5. The van der Waals surface area contributed by atoms with E-state index in [0.29, 0.717) is 6.42 Å². The predicted molar refractivity (Wildman–Crippen MR) is 120 cm³/mol. The number of alkyl halides is 1. The van der Waals surface area contributed by atoms with Crippen molar-refractivity contribution >= 4 is 29.5 Å². The molecule has 182 valence electrons. The number of halogens is 1. The van der Waals surface area contributed by atoms with Crippen LogP contribution >= 0.6 is 11.6 Å². The van der Waals surface area contributed by atoms with Gasteiger partial charge in [-0.05, 0) is 62.5 Å². The van der Waals surface area contributed by atoms with E-state index in [2.05, 4.69) is 13.8 Å². The summed E-state index contributed by atoms with van der Waals surface area (Å²) in [5.41, 5.74) is -2.33. The Hall–Kier alpha value is -1.86. The number of hydrogen-bond acceptors (Lipinski definition) is 7. The highest BCUT2D eigenvalue weighted by Crippen LogP contribution is 2.73. The van der Waals surface area contributed by atoms with Crippen LogP contribution in [0.15, 0.2) is 23.8 Å². The summed E-state index contributed by atoms with van der Waals surface area (Å²) in [6.45, 7) is 7.92. The highest BCUT2D eigenvalue weighted by atomic mass is 35.5. The van der Waals surface area contributed by atoms with Crippen LogP contribution < -0.4 is 0 Å². The van der Waals surface area contributed by atoms with Gasteiger partial charge in [-0.2, -0.15) is 0 Å². The fourth-order valence-corrected chi connectivity index (χ4v) is 7.77. The van der Waals surface area contributed by atoms with Crippen molar-refractivity contribution in [3.63, 3.8) is 0 Å². The number of ketones is 1. The van der Waals surface area contributed by atoms with Crippen molar-refractivity contribution in [2.45, 2.75) is 71.5 Å². The van der Waals surface area contributed by atoms with E-state index in [1.54, 1.807) is 19.1 Å². The second-order valence-corrected chi connectivity index (χ2v) is 10.8. The Morgan fingerprint density at radius 3 is 2.61 bits per heavy atom. The van der Waals surface area contributed by atoms with Gasteiger partial charge in [0.25, 0.3) is 0 Å². The normalized spacial score (nSPS) is 43.6. The van der Waals surface area contributed by atoms with E-state index in [9.17, 15) is 19.5 Å². The number of allylic oxidation sites excluding steroid dienone is 4. The third-order valence-corrected chi connectivity index (χ3v) is 9.60. The molecule has 4 aliphatic rings. The van der Waals surface area contributed by atoms with Gasteiger partial charge in [0.15, 0.2) is 11.8 Å². The van der Waals surface area contributed by atoms with Crippen molar-refractivity contribution < 1.29 is 33.7 Å². The molecule has 2 unspecified atom stereocenters. The molecular formula is C25H33ClO7. The number of rotatable bonds is 4. The number of hydrogen-bond donors (Lipinski definition) is 1. The van der Waals surface area contributed by atoms with Crippen LogP contribution in [0.25, 0.3) is 0 Å². The Balaban J connectivity index is 1.79. The van der Waals surface area contributed by atoms with Crippen molar-refractivity contribution in [2.24, 2.45) is 28.1 Å². The van der Waals surface area contributed by atoms with Crippen molar-refractivity contribution in [1.82, 2.24) is 0 Å². The quantitative estimate of drug-likeness (QED) is 0.472. The van der Waals surface area contributed by atoms with Crippen LogP contribution in [0.5, 0.6) is 0 Å². The fraction of sp³-hybridized carbons (Fsp3) is 0.720. The van der Waals surface area contributed by atoms with Gasteiger partial charge in [0.05, 0.1) is 12.7 Å². The number of aliphatic hydroxyl groups is 1. The van der Waals surface area contributed by atoms with Gasteiger partial charge < -0.3 is 19.3 Å². The molecule has 3 saturated carbocycles. The molecule has 7 nitrogen and oxygen atoms in total. The average molecular weight is 481 g/mol. The number of esters is 1. The van der Waals surface area contributed by atoms with Crippen LogP contribution in [0.3, 0.4) is 0 Å². The van der Waals surface area contributed by atoms with Gasteiger partial charge in [0, 0.05) is 16.7 Å². The van der Waals surface area contributed by atoms with Gasteiger partial charge in [-0.3, -0.25) is 4.79 Å². The molecule has 0 radical (unpaired) electrons. The predicted octanol–water partition coefficient (Wildman–Crippen LogP) is 4.31. The Bertz CT molecular complexity index is 928. The summed E-state index contributed by atoms with van der Waals surface area (Å²) < 4.78 is 16.0. The Kier molecular flexibility index (Phi) is 5.97.